The normalized spacial score (nSPS) is 13.0. The van der Waals surface area contributed by atoms with E-state index < -0.39 is 0 Å². The van der Waals surface area contributed by atoms with Crippen LogP contribution in [0.1, 0.15) is 0 Å². The van der Waals surface area contributed by atoms with Crippen LogP contribution in [0.15, 0.2) is 71.5 Å². The highest BCUT2D eigenvalue weighted by molar-refractivity contribution is 5.99. The van der Waals surface area contributed by atoms with Crippen molar-refractivity contribution in [2.75, 3.05) is 23.9 Å². The molecule has 0 N–H and O–H groups in total. The molecule has 0 saturated carbocycles. The molecule has 5 rings (SSSR count). The topological polar surface area (TPSA) is 32.5 Å². The van der Waals surface area contributed by atoms with Crippen molar-refractivity contribution < 1.29 is 4.42 Å². The quantitative estimate of drug-likeness (QED) is 0.472. The Bertz CT molecular complexity index is 1100. The summed E-state index contributed by atoms with van der Waals surface area (Å²) in [6, 6.07) is 18.9. The Morgan fingerprint density at radius 3 is 2.44 bits per heavy atom. The zero-order chi connectivity index (χ0) is 17.0. The summed E-state index contributed by atoms with van der Waals surface area (Å²) in [5.41, 5.74) is 7.60. The molecule has 1 aliphatic heterocycles. The molecule has 0 aliphatic carbocycles. The van der Waals surface area contributed by atoms with Gasteiger partial charge in [0.25, 0.3) is 0 Å². The number of rotatable bonds is 1. The number of aromatic nitrogens is 1. The van der Waals surface area contributed by atoms with Crippen molar-refractivity contribution in [3.8, 4) is 11.3 Å². The Balaban J connectivity index is 1.75. The van der Waals surface area contributed by atoms with Gasteiger partial charge in [-0.3, -0.25) is 4.98 Å². The van der Waals surface area contributed by atoms with Crippen LogP contribution in [0.2, 0.25) is 0 Å². The summed E-state index contributed by atoms with van der Waals surface area (Å²) in [4.78, 5) is 9.13. The van der Waals surface area contributed by atoms with Crippen molar-refractivity contribution in [3.63, 3.8) is 0 Å². The number of benzene rings is 2. The summed E-state index contributed by atoms with van der Waals surface area (Å²) in [7, 11) is 4.23. The van der Waals surface area contributed by atoms with Crippen LogP contribution in [0.4, 0.5) is 22.7 Å². The maximum Gasteiger partial charge on any atom is 0.152 e. The second kappa shape index (κ2) is 5.11. The molecule has 0 atom stereocenters. The van der Waals surface area contributed by atoms with Gasteiger partial charge in [0.2, 0.25) is 0 Å². The fourth-order valence-corrected chi connectivity index (χ4v) is 3.66. The van der Waals surface area contributed by atoms with Crippen LogP contribution in [-0.2, 0) is 0 Å². The molecule has 0 bridgehead atoms. The average Bonchev–Trinajstić information content (AvgIpc) is 3.13. The third-order valence-electron chi connectivity index (χ3n) is 4.93. The number of fused-ring (bicyclic) bond motifs is 3. The van der Waals surface area contributed by atoms with E-state index in [2.05, 4.69) is 77.4 Å². The van der Waals surface area contributed by atoms with Crippen molar-refractivity contribution in [2.24, 2.45) is 0 Å². The minimum absolute atomic E-state index is 0.810. The molecule has 0 unspecified atom stereocenters. The number of furan rings is 1. The van der Waals surface area contributed by atoms with Crippen LogP contribution in [0.3, 0.4) is 0 Å². The Hall–Kier alpha value is -3.27. The van der Waals surface area contributed by atoms with Gasteiger partial charge >= 0.3 is 0 Å². The Morgan fingerprint density at radius 1 is 0.840 bits per heavy atom. The van der Waals surface area contributed by atoms with E-state index in [1.54, 1.807) is 12.5 Å². The molecule has 0 amide bonds. The molecule has 25 heavy (non-hydrogen) atoms. The lowest BCUT2D eigenvalue weighted by Gasteiger charge is -2.37. The van der Waals surface area contributed by atoms with E-state index in [0.29, 0.717) is 0 Å². The SMILES string of the molecule is CN1c2ccccc2N(C)c2c(-c3cc4ccoc4cn3)cccc21. The number of para-hydroxylation sites is 3. The van der Waals surface area contributed by atoms with E-state index in [1.165, 1.54) is 22.7 Å². The summed E-state index contributed by atoms with van der Waals surface area (Å²) >= 11 is 0. The van der Waals surface area contributed by atoms with E-state index in [9.17, 15) is 0 Å². The van der Waals surface area contributed by atoms with E-state index in [4.69, 9.17) is 4.42 Å². The third-order valence-corrected chi connectivity index (χ3v) is 4.93. The number of nitrogens with zero attached hydrogens (tertiary/aromatic N) is 3. The lowest BCUT2D eigenvalue weighted by atomic mass is 10.0. The zero-order valence-electron chi connectivity index (χ0n) is 14.1. The molecular weight excluding hydrogens is 310 g/mol. The minimum Gasteiger partial charge on any atom is -0.463 e. The third kappa shape index (κ3) is 1.97. The molecule has 0 fully saturated rings. The summed E-state index contributed by atoms with van der Waals surface area (Å²) < 4.78 is 5.42. The van der Waals surface area contributed by atoms with Gasteiger partial charge in [-0.05, 0) is 30.3 Å². The Labute approximate surface area is 145 Å². The van der Waals surface area contributed by atoms with Crippen molar-refractivity contribution in [1.29, 1.82) is 0 Å². The summed E-state index contributed by atoms with van der Waals surface area (Å²) in [5, 5.41) is 1.06. The predicted molar refractivity (Wildman–Crippen MR) is 102 cm³/mol. The van der Waals surface area contributed by atoms with Crippen molar-refractivity contribution in [3.05, 3.63) is 67.1 Å². The fraction of sp³-hybridized carbons (Fsp3) is 0.0952. The van der Waals surface area contributed by atoms with E-state index >= 15 is 0 Å². The number of hydrogen-bond acceptors (Lipinski definition) is 4. The van der Waals surface area contributed by atoms with Gasteiger partial charge in [0, 0.05) is 25.0 Å². The number of pyridine rings is 1. The van der Waals surface area contributed by atoms with E-state index in [-0.39, 0.29) is 0 Å². The van der Waals surface area contributed by atoms with Gasteiger partial charge in [-0.2, -0.15) is 0 Å². The lowest BCUT2D eigenvalue weighted by Crippen LogP contribution is -2.24. The predicted octanol–water partition coefficient (Wildman–Crippen LogP) is 5.34. The molecule has 1 aliphatic rings. The van der Waals surface area contributed by atoms with Gasteiger partial charge < -0.3 is 14.2 Å². The van der Waals surface area contributed by atoms with Crippen LogP contribution in [0.25, 0.3) is 22.2 Å². The molecule has 0 spiro atoms. The molecule has 2 aromatic carbocycles. The highest BCUT2D eigenvalue weighted by Crippen LogP contribution is 2.49. The fourth-order valence-electron chi connectivity index (χ4n) is 3.66. The lowest BCUT2D eigenvalue weighted by molar-refractivity contribution is 0.614. The Kier molecular flexibility index (Phi) is 2.88. The van der Waals surface area contributed by atoms with Gasteiger partial charge in [-0.25, -0.2) is 0 Å². The number of anilines is 4. The summed E-state index contributed by atoms with van der Waals surface area (Å²) in [6.45, 7) is 0. The molecule has 0 saturated heterocycles. The summed E-state index contributed by atoms with van der Waals surface area (Å²) in [6.07, 6.45) is 3.50. The van der Waals surface area contributed by atoms with E-state index in [0.717, 1.165) is 22.2 Å². The van der Waals surface area contributed by atoms with Crippen molar-refractivity contribution >= 4 is 33.7 Å². The smallest absolute Gasteiger partial charge is 0.152 e. The highest BCUT2D eigenvalue weighted by Gasteiger charge is 2.26. The van der Waals surface area contributed by atoms with Gasteiger partial charge in [0.05, 0.1) is 40.9 Å². The molecule has 122 valence electrons. The second-order valence-corrected chi connectivity index (χ2v) is 6.31. The molecule has 3 heterocycles. The van der Waals surface area contributed by atoms with Crippen molar-refractivity contribution in [2.45, 2.75) is 0 Å². The van der Waals surface area contributed by atoms with Gasteiger partial charge in [0.1, 0.15) is 0 Å². The first-order valence-electron chi connectivity index (χ1n) is 8.27. The Morgan fingerprint density at radius 2 is 1.60 bits per heavy atom. The maximum absolute atomic E-state index is 5.42. The van der Waals surface area contributed by atoms with Crippen LogP contribution in [-0.4, -0.2) is 19.1 Å². The minimum atomic E-state index is 0.810. The molecule has 4 aromatic rings. The first-order valence-corrected chi connectivity index (χ1v) is 8.27. The van der Waals surface area contributed by atoms with Crippen LogP contribution in [0, 0.1) is 0 Å². The second-order valence-electron chi connectivity index (χ2n) is 6.31. The first kappa shape index (κ1) is 14.1. The highest BCUT2D eigenvalue weighted by atomic mass is 16.3. The van der Waals surface area contributed by atoms with Crippen LogP contribution < -0.4 is 9.80 Å². The largest absolute Gasteiger partial charge is 0.463 e. The van der Waals surface area contributed by atoms with Gasteiger partial charge in [-0.1, -0.05) is 24.3 Å². The molecule has 4 nitrogen and oxygen atoms in total. The van der Waals surface area contributed by atoms with Gasteiger partial charge in [-0.15, -0.1) is 0 Å². The van der Waals surface area contributed by atoms with Crippen LogP contribution in [0.5, 0.6) is 0 Å². The van der Waals surface area contributed by atoms with Gasteiger partial charge in [0.15, 0.2) is 5.58 Å². The monoisotopic (exact) mass is 327 g/mol. The molecule has 2 aromatic heterocycles. The standard InChI is InChI=1S/C21H17N3O/c1-23-17-7-3-4-8-18(17)24(2)21-15(6-5-9-19(21)23)16-12-14-10-11-25-20(14)13-22-16/h3-13H,1-2H3. The van der Waals surface area contributed by atoms with Crippen molar-refractivity contribution in [1.82, 2.24) is 4.98 Å². The maximum atomic E-state index is 5.42. The molecule has 4 heteroatoms. The van der Waals surface area contributed by atoms with Crippen LogP contribution >= 0.6 is 0 Å². The zero-order valence-corrected chi connectivity index (χ0v) is 14.1. The van der Waals surface area contributed by atoms with E-state index in [1.807, 2.05) is 6.07 Å². The molecular formula is C21H17N3O. The average molecular weight is 327 g/mol. The summed E-state index contributed by atoms with van der Waals surface area (Å²) in [5.74, 6) is 0. The first-order chi connectivity index (χ1) is 12.2. The number of hydrogen-bond donors (Lipinski definition) is 0. The molecule has 0 radical (unpaired) electrons.